The molecule has 0 amide bonds. The molecule has 0 unspecified atom stereocenters. The maximum absolute atomic E-state index is 5.24. The van der Waals surface area contributed by atoms with Gasteiger partial charge in [0.2, 0.25) is 0 Å². The highest BCUT2D eigenvalue weighted by molar-refractivity contribution is 5.28. The van der Waals surface area contributed by atoms with E-state index in [0.29, 0.717) is 0 Å². The Kier molecular flexibility index (Phi) is 5.32. The summed E-state index contributed by atoms with van der Waals surface area (Å²) in [5, 5.41) is 0. The molecule has 1 aliphatic rings. The van der Waals surface area contributed by atoms with Crippen molar-refractivity contribution in [2.75, 3.05) is 7.11 Å². The number of benzene rings is 1. The number of hydrogen-bond donors (Lipinski definition) is 0. The van der Waals surface area contributed by atoms with Crippen LogP contribution in [0.25, 0.3) is 0 Å². The summed E-state index contributed by atoms with van der Waals surface area (Å²) in [6, 6.07) is 8.40. The molecular weight excluding hydrogens is 220 g/mol. The van der Waals surface area contributed by atoms with Crippen LogP contribution in [0.2, 0.25) is 0 Å². The summed E-state index contributed by atoms with van der Waals surface area (Å²) in [5.74, 6) is 1.84. The van der Waals surface area contributed by atoms with Gasteiger partial charge in [-0.25, -0.2) is 0 Å². The van der Waals surface area contributed by atoms with Crippen molar-refractivity contribution in [2.45, 2.75) is 44.9 Å². The Morgan fingerprint density at radius 2 is 2.11 bits per heavy atom. The van der Waals surface area contributed by atoms with Gasteiger partial charge in [0.25, 0.3) is 0 Å². The van der Waals surface area contributed by atoms with Gasteiger partial charge in [-0.1, -0.05) is 37.1 Å². The first kappa shape index (κ1) is 13.2. The molecule has 1 aliphatic carbocycles. The minimum absolute atomic E-state index is 0.877. The summed E-state index contributed by atoms with van der Waals surface area (Å²) in [6.45, 7) is 0. The monoisotopic (exact) mass is 244 g/mol. The van der Waals surface area contributed by atoms with Crippen LogP contribution in [0.1, 0.15) is 44.1 Å². The zero-order chi connectivity index (χ0) is 12.6. The highest BCUT2D eigenvalue weighted by atomic mass is 16.5. The molecule has 0 saturated heterocycles. The van der Waals surface area contributed by atoms with Crippen LogP contribution in [0.5, 0.6) is 5.75 Å². The van der Waals surface area contributed by atoms with E-state index in [9.17, 15) is 0 Å². The standard InChI is InChI=1S/C17H24O/c1-18-17-13-7-12-16(14-17)11-4-2-3-8-15-9-5-6-10-15/h3,7-8,12-15H,2,4-6,9-11H2,1H3/b8-3+. The summed E-state index contributed by atoms with van der Waals surface area (Å²) in [5.41, 5.74) is 1.38. The molecule has 2 rings (SSSR count). The highest BCUT2D eigenvalue weighted by Crippen LogP contribution is 2.25. The van der Waals surface area contributed by atoms with Gasteiger partial charge in [0.1, 0.15) is 5.75 Å². The number of unbranched alkanes of at least 4 members (excludes halogenated alkanes) is 1. The van der Waals surface area contributed by atoms with Crippen LogP contribution in [0.3, 0.4) is 0 Å². The Balaban J connectivity index is 1.68. The third-order valence-corrected chi connectivity index (χ3v) is 3.78. The van der Waals surface area contributed by atoms with Gasteiger partial charge in [0.05, 0.1) is 7.11 Å². The molecule has 1 fully saturated rings. The second-order valence-electron chi connectivity index (χ2n) is 5.22. The summed E-state index contributed by atoms with van der Waals surface area (Å²) in [6.07, 6.45) is 14.1. The molecule has 98 valence electrons. The topological polar surface area (TPSA) is 9.23 Å². The van der Waals surface area contributed by atoms with Gasteiger partial charge >= 0.3 is 0 Å². The largest absolute Gasteiger partial charge is 0.497 e. The van der Waals surface area contributed by atoms with E-state index in [-0.39, 0.29) is 0 Å². The van der Waals surface area contributed by atoms with E-state index in [4.69, 9.17) is 4.74 Å². The lowest BCUT2D eigenvalue weighted by Gasteiger charge is -2.04. The van der Waals surface area contributed by atoms with Crippen LogP contribution in [-0.2, 0) is 6.42 Å². The van der Waals surface area contributed by atoms with Crippen LogP contribution in [0.4, 0.5) is 0 Å². The molecule has 1 nitrogen and oxygen atoms in total. The van der Waals surface area contributed by atoms with Crippen LogP contribution in [0.15, 0.2) is 36.4 Å². The van der Waals surface area contributed by atoms with E-state index in [1.165, 1.54) is 44.1 Å². The van der Waals surface area contributed by atoms with Crippen molar-refractivity contribution in [1.29, 1.82) is 0 Å². The third kappa shape index (κ3) is 4.21. The summed E-state index contributed by atoms with van der Waals surface area (Å²) in [7, 11) is 1.73. The molecule has 1 saturated carbocycles. The summed E-state index contributed by atoms with van der Waals surface area (Å²) in [4.78, 5) is 0. The predicted octanol–water partition coefficient (Wildman–Crippen LogP) is 4.76. The average molecular weight is 244 g/mol. The Morgan fingerprint density at radius 1 is 1.28 bits per heavy atom. The molecule has 0 aliphatic heterocycles. The van der Waals surface area contributed by atoms with Gasteiger partial charge in [-0.2, -0.15) is 0 Å². The lowest BCUT2D eigenvalue weighted by atomic mass is 10.0. The molecule has 0 aromatic heterocycles. The van der Waals surface area contributed by atoms with E-state index in [1.54, 1.807) is 7.11 Å². The number of ether oxygens (including phenoxy) is 1. The van der Waals surface area contributed by atoms with Crippen LogP contribution >= 0.6 is 0 Å². The van der Waals surface area contributed by atoms with Gasteiger partial charge in [-0.3, -0.25) is 0 Å². The molecule has 0 N–H and O–H groups in total. The lowest BCUT2D eigenvalue weighted by Crippen LogP contribution is -1.88. The number of aryl methyl sites for hydroxylation is 1. The van der Waals surface area contributed by atoms with Crippen molar-refractivity contribution in [3.8, 4) is 5.75 Å². The number of hydrogen-bond acceptors (Lipinski definition) is 1. The number of allylic oxidation sites excluding steroid dienone is 2. The van der Waals surface area contributed by atoms with Gasteiger partial charge in [0.15, 0.2) is 0 Å². The molecule has 0 spiro atoms. The Bertz CT molecular complexity index is 375. The van der Waals surface area contributed by atoms with Crippen molar-refractivity contribution < 1.29 is 4.74 Å². The van der Waals surface area contributed by atoms with Crippen molar-refractivity contribution in [3.05, 3.63) is 42.0 Å². The Morgan fingerprint density at radius 3 is 2.89 bits per heavy atom. The van der Waals surface area contributed by atoms with Crippen molar-refractivity contribution in [2.24, 2.45) is 5.92 Å². The molecule has 1 aromatic rings. The minimum Gasteiger partial charge on any atom is -0.497 e. The first-order valence-electron chi connectivity index (χ1n) is 7.18. The van der Waals surface area contributed by atoms with E-state index < -0.39 is 0 Å². The maximum atomic E-state index is 5.24. The van der Waals surface area contributed by atoms with Crippen LogP contribution < -0.4 is 4.74 Å². The second kappa shape index (κ2) is 7.25. The SMILES string of the molecule is COc1cccc(CCC/C=C/C2CCCC2)c1. The Labute approximate surface area is 111 Å². The summed E-state index contributed by atoms with van der Waals surface area (Å²) >= 11 is 0. The zero-order valence-electron chi connectivity index (χ0n) is 11.4. The molecule has 0 heterocycles. The van der Waals surface area contributed by atoms with Crippen molar-refractivity contribution in [3.63, 3.8) is 0 Å². The van der Waals surface area contributed by atoms with Crippen molar-refractivity contribution in [1.82, 2.24) is 0 Å². The molecule has 1 aromatic carbocycles. The van der Waals surface area contributed by atoms with Crippen LogP contribution in [0, 0.1) is 5.92 Å². The fourth-order valence-corrected chi connectivity index (χ4v) is 2.69. The van der Waals surface area contributed by atoms with Gasteiger partial charge in [0, 0.05) is 0 Å². The maximum Gasteiger partial charge on any atom is 0.119 e. The summed E-state index contributed by atoms with van der Waals surface area (Å²) < 4.78 is 5.24. The van der Waals surface area contributed by atoms with Crippen molar-refractivity contribution >= 4 is 0 Å². The first-order chi connectivity index (χ1) is 8.88. The molecule has 18 heavy (non-hydrogen) atoms. The molecular formula is C17H24O. The minimum atomic E-state index is 0.877. The van der Waals surface area contributed by atoms with Gasteiger partial charge in [-0.15, -0.1) is 0 Å². The highest BCUT2D eigenvalue weighted by Gasteiger charge is 2.10. The molecule has 1 heteroatoms. The molecule has 0 atom stereocenters. The van der Waals surface area contributed by atoms with Gasteiger partial charge in [-0.05, 0) is 55.7 Å². The lowest BCUT2D eigenvalue weighted by molar-refractivity contribution is 0.414. The number of methoxy groups -OCH3 is 1. The fourth-order valence-electron chi connectivity index (χ4n) is 2.69. The molecule has 0 bridgehead atoms. The zero-order valence-corrected chi connectivity index (χ0v) is 11.4. The van der Waals surface area contributed by atoms with E-state index in [0.717, 1.165) is 18.1 Å². The second-order valence-corrected chi connectivity index (χ2v) is 5.22. The molecule has 0 radical (unpaired) electrons. The normalized spacial score (nSPS) is 16.5. The quantitative estimate of drug-likeness (QED) is 0.517. The van der Waals surface area contributed by atoms with E-state index >= 15 is 0 Å². The Hall–Kier alpha value is -1.24. The third-order valence-electron chi connectivity index (χ3n) is 3.78. The van der Waals surface area contributed by atoms with E-state index in [1.807, 2.05) is 6.07 Å². The smallest absolute Gasteiger partial charge is 0.119 e. The number of rotatable bonds is 6. The van der Waals surface area contributed by atoms with Crippen LogP contribution in [-0.4, -0.2) is 7.11 Å². The average Bonchev–Trinajstić information content (AvgIpc) is 2.92. The first-order valence-corrected chi connectivity index (χ1v) is 7.18. The fraction of sp³-hybridized carbons (Fsp3) is 0.529. The van der Waals surface area contributed by atoms with Gasteiger partial charge < -0.3 is 4.74 Å². The van der Waals surface area contributed by atoms with E-state index in [2.05, 4.69) is 30.4 Å². The predicted molar refractivity (Wildman–Crippen MR) is 77.0 cm³/mol.